The van der Waals surface area contributed by atoms with E-state index >= 15 is 0 Å². The molecular formula is C16H21ClFN3. The molecule has 5 heteroatoms. The van der Waals surface area contributed by atoms with E-state index in [4.69, 9.17) is 0 Å². The molecule has 1 aliphatic heterocycles. The fourth-order valence-electron chi connectivity index (χ4n) is 2.94. The minimum atomic E-state index is -0.189. The number of benzene rings is 1. The highest BCUT2D eigenvalue weighted by molar-refractivity contribution is 5.85. The Morgan fingerprint density at radius 1 is 1.29 bits per heavy atom. The van der Waals surface area contributed by atoms with E-state index in [1.807, 2.05) is 13.1 Å². The molecule has 0 radical (unpaired) electrons. The smallest absolute Gasteiger partial charge is 0.132 e. The van der Waals surface area contributed by atoms with E-state index in [2.05, 4.69) is 15.2 Å². The molecule has 3 rings (SSSR count). The third-order valence-corrected chi connectivity index (χ3v) is 4.19. The Kier molecular flexibility index (Phi) is 5.51. The van der Waals surface area contributed by atoms with E-state index < -0.39 is 0 Å². The molecule has 0 unspecified atom stereocenters. The average molecular weight is 310 g/mol. The monoisotopic (exact) mass is 309 g/mol. The Morgan fingerprint density at radius 3 is 2.76 bits per heavy atom. The van der Waals surface area contributed by atoms with Crippen molar-refractivity contribution in [2.24, 2.45) is 0 Å². The maximum absolute atomic E-state index is 13.8. The lowest BCUT2D eigenvalue weighted by atomic mass is 10.0. The second kappa shape index (κ2) is 7.16. The van der Waals surface area contributed by atoms with Crippen molar-refractivity contribution in [3.8, 4) is 0 Å². The molecule has 0 amide bonds. The van der Waals surface area contributed by atoms with Gasteiger partial charge in [0.25, 0.3) is 0 Å². The first kappa shape index (κ1) is 16.1. The molecule has 0 saturated carbocycles. The molecule has 1 aromatic carbocycles. The van der Waals surface area contributed by atoms with Gasteiger partial charge in [-0.15, -0.1) is 12.4 Å². The normalized spacial score (nSPS) is 16.9. The van der Waals surface area contributed by atoms with Gasteiger partial charge in [0.15, 0.2) is 0 Å². The Morgan fingerprint density at radius 2 is 2.05 bits per heavy atom. The Balaban J connectivity index is 0.00000161. The lowest BCUT2D eigenvalue weighted by Gasteiger charge is -2.31. The Bertz CT molecular complexity index is 597. The van der Waals surface area contributed by atoms with E-state index in [1.165, 1.54) is 12.8 Å². The van der Waals surface area contributed by atoms with Crippen LogP contribution in [0.25, 0.3) is 10.9 Å². The van der Waals surface area contributed by atoms with Gasteiger partial charge in [-0.05, 0) is 56.7 Å². The van der Waals surface area contributed by atoms with Crippen LogP contribution in [-0.4, -0.2) is 36.1 Å². The fraction of sp³-hybridized carbons (Fsp3) is 0.438. The molecule has 114 valence electrons. The van der Waals surface area contributed by atoms with E-state index in [9.17, 15) is 4.39 Å². The van der Waals surface area contributed by atoms with Gasteiger partial charge in [-0.25, -0.2) is 4.39 Å². The molecule has 2 aromatic rings. The topological polar surface area (TPSA) is 28.2 Å². The number of fused-ring (bicyclic) bond motifs is 1. The number of hydrogen-bond donors (Lipinski definition) is 1. The molecule has 0 aliphatic carbocycles. The van der Waals surface area contributed by atoms with Crippen molar-refractivity contribution in [3.63, 3.8) is 0 Å². The molecule has 1 fully saturated rings. The van der Waals surface area contributed by atoms with Gasteiger partial charge in [-0.3, -0.25) is 9.88 Å². The van der Waals surface area contributed by atoms with Crippen LogP contribution in [0.4, 0.5) is 4.39 Å². The summed E-state index contributed by atoms with van der Waals surface area (Å²) in [6.45, 7) is 3.01. The Labute approximate surface area is 131 Å². The van der Waals surface area contributed by atoms with Gasteiger partial charge in [0, 0.05) is 24.2 Å². The highest BCUT2D eigenvalue weighted by Gasteiger charge is 2.18. The van der Waals surface area contributed by atoms with Gasteiger partial charge < -0.3 is 5.32 Å². The lowest BCUT2D eigenvalue weighted by molar-refractivity contribution is 0.195. The molecule has 1 aliphatic rings. The molecule has 0 spiro atoms. The van der Waals surface area contributed by atoms with Crippen molar-refractivity contribution in [2.75, 3.05) is 20.1 Å². The summed E-state index contributed by atoms with van der Waals surface area (Å²) in [6.07, 6.45) is 4.07. The van der Waals surface area contributed by atoms with Crippen molar-refractivity contribution >= 4 is 23.3 Å². The number of halogens is 2. The molecule has 2 heterocycles. The number of pyridine rings is 1. The number of hydrogen-bond acceptors (Lipinski definition) is 3. The summed E-state index contributed by atoms with van der Waals surface area (Å²) in [6, 6.07) is 7.64. The van der Waals surface area contributed by atoms with Gasteiger partial charge in [0.05, 0.1) is 5.52 Å². The largest absolute Gasteiger partial charge is 0.317 e. The zero-order chi connectivity index (χ0) is 13.9. The predicted molar refractivity (Wildman–Crippen MR) is 86.3 cm³/mol. The van der Waals surface area contributed by atoms with Crippen LogP contribution in [0.1, 0.15) is 18.4 Å². The zero-order valence-corrected chi connectivity index (χ0v) is 13.0. The molecule has 3 nitrogen and oxygen atoms in total. The number of rotatable bonds is 3. The standard InChI is InChI=1S/C16H20FN3.ClH/c1-18-13-6-9-20(10-7-13)11-12-4-5-15(17)14-3-2-8-19-16(12)14;/h2-5,8,13,18H,6-7,9-11H2,1H3;1H. The first-order chi connectivity index (χ1) is 9.78. The van der Waals surface area contributed by atoms with Crippen LogP contribution in [0.5, 0.6) is 0 Å². The predicted octanol–water partition coefficient (Wildman–Crippen LogP) is 2.98. The SMILES string of the molecule is CNC1CCN(Cc2ccc(F)c3cccnc23)CC1.Cl. The van der Waals surface area contributed by atoms with Crippen LogP contribution < -0.4 is 5.32 Å². The number of nitrogens with one attached hydrogen (secondary N) is 1. The summed E-state index contributed by atoms with van der Waals surface area (Å²) in [7, 11) is 2.03. The highest BCUT2D eigenvalue weighted by atomic mass is 35.5. The Hall–Kier alpha value is -1.23. The summed E-state index contributed by atoms with van der Waals surface area (Å²) >= 11 is 0. The van der Waals surface area contributed by atoms with Crippen molar-refractivity contribution in [1.82, 2.24) is 15.2 Å². The third-order valence-electron chi connectivity index (χ3n) is 4.19. The molecule has 0 bridgehead atoms. The summed E-state index contributed by atoms with van der Waals surface area (Å²) in [5.41, 5.74) is 1.91. The zero-order valence-electron chi connectivity index (χ0n) is 12.2. The number of aromatic nitrogens is 1. The maximum Gasteiger partial charge on any atom is 0.132 e. The average Bonchev–Trinajstić information content (AvgIpc) is 2.51. The van der Waals surface area contributed by atoms with E-state index in [0.29, 0.717) is 11.4 Å². The quantitative estimate of drug-likeness (QED) is 0.945. The highest BCUT2D eigenvalue weighted by Crippen LogP contribution is 2.22. The van der Waals surface area contributed by atoms with Crippen molar-refractivity contribution in [1.29, 1.82) is 0 Å². The van der Waals surface area contributed by atoms with Gasteiger partial charge in [-0.2, -0.15) is 0 Å². The molecule has 1 N–H and O–H groups in total. The van der Waals surface area contributed by atoms with E-state index in [1.54, 1.807) is 24.4 Å². The number of piperidine rings is 1. The number of nitrogens with zero attached hydrogens (tertiary/aromatic N) is 2. The molecule has 1 saturated heterocycles. The van der Waals surface area contributed by atoms with Crippen LogP contribution in [-0.2, 0) is 6.54 Å². The first-order valence-corrected chi connectivity index (χ1v) is 7.19. The second-order valence-electron chi connectivity index (χ2n) is 5.45. The van der Waals surface area contributed by atoms with Crippen LogP contribution in [0, 0.1) is 5.82 Å². The van der Waals surface area contributed by atoms with Crippen molar-refractivity contribution in [3.05, 3.63) is 41.8 Å². The first-order valence-electron chi connectivity index (χ1n) is 7.19. The maximum atomic E-state index is 13.8. The van der Waals surface area contributed by atoms with Gasteiger partial charge in [0.2, 0.25) is 0 Å². The van der Waals surface area contributed by atoms with Gasteiger partial charge in [0.1, 0.15) is 5.82 Å². The van der Waals surface area contributed by atoms with Gasteiger partial charge in [-0.1, -0.05) is 6.07 Å². The molecule has 21 heavy (non-hydrogen) atoms. The van der Waals surface area contributed by atoms with Crippen LogP contribution in [0.2, 0.25) is 0 Å². The molecule has 0 atom stereocenters. The minimum absolute atomic E-state index is 0. The second-order valence-corrected chi connectivity index (χ2v) is 5.45. The van der Waals surface area contributed by atoms with Crippen LogP contribution >= 0.6 is 12.4 Å². The minimum Gasteiger partial charge on any atom is -0.317 e. The van der Waals surface area contributed by atoms with Gasteiger partial charge >= 0.3 is 0 Å². The summed E-state index contributed by atoms with van der Waals surface area (Å²) < 4.78 is 13.8. The summed E-state index contributed by atoms with van der Waals surface area (Å²) in [4.78, 5) is 6.79. The summed E-state index contributed by atoms with van der Waals surface area (Å²) in [5, 5.41) is 3.96. The lowest BCUT2D eigenvalue weighted by Crippen LogP contribution is -2.40. The summed E-state index contributed by atoms with van der Waals surface area (Å²) in [5.74, 6) is -0.189. The molecular weight excluding hydrogens is 289 g/mol. The van der Waals surface area contributed by atoms with Crippen LogP contribution in [0.15, 0.2) is 30.5 Å². The number of likely N-dealkylation sites (tertiary alicyclic amines) is 1. The van der Waals surface area contributed by atoms with Crippen molar-refractivity contribution < 1.29 is 4.39 Å². The third kappa shape index (κ3) is 3.51. The molecule has 1 aromatic heterocycles. The van der Waals surface area contributed by atoms with E-state index in [-0.39, 0.29) is 18.2 Å². The van der Waals surface area contributed by atoms with Crippen LogP contribution in [0.3, 0.4) is 0 Å². The van der Waals surface area contributed by atoms with E-state index in [0.717, 1.165) is 30.7 Å². The van der Waals surface area contributed by atoms with Crippen molar-refractivity contribution in [2.45, 2.75) is 25.4 Å². The fourth-order valence-corrected chi connectivity index (χ4v) is 2.94.